The van der Waals surface area contributed by atoms with E-state index in [2.05, 4.69) is 25.8 Å². The van der Waals surface area contributed by atoms with Gasteiger partial charge in [-0.05, 0) is 42.7 Å². The molecule has 0 amide bonds. The molecule has 0 aliphatic rings. The Morgan fingerprint density at radius 2 is 1.90 bits per heavy atom. The van der Waals surface area contributed by atoms with Crippen LogP contribution in [0.3, 0.4) is 0 Å². The molecule has 0 atom stereocenters. The van der Waals surface area contributed by atoms with E-state index in [1.165, 1.54) is 0 Å². The van der Waals surface area contributed by atoms with E-state index in [0.717, 1.165) is 36.5 Å². The highest BCUT2D eigenvalue weighted by Crippen LogP contribution is 2.21. The van der Waals surface area contributed by atoms with Gasteiger partial charge < -0.3 is 10.6 Å². The number of para-hydroxylation sites is 1. The first-order chi connectivity index (χ1) is 13.7. The largest absolute Gasteiger partial charge is 0.356 e. The number of halogens is 3. The van der Waals surface area contributed by atoms with E-state index in [0.29, 0.717) is 22.5 Å². The molecule has 29 heavy (non-hydrogen) atoms. The van der Waals surface area contributed by atoms with Crippen LogP contribution >= 0.6 is 47.2 Å². The molecule has 0 saturated carbocycles. The van der Waals surface area contributed by atoms with Gasteiger partial charge in [0.05, 0.1) is 6.54 Å². The zero-order valence-corrected chi connectivity index (χ0v) is 19.8. The fraction of sp³-hybridized carbons (Fsp3) is 0.250. The van der Waals surface area contributed by atoms with Crippen molar-refractivity contribution in [3.05, 3.63) is 76.3 Å². The number of hydrogen-bond acceptors (Lipinski definition) is 3. The van der Waals surface area contributed by atoms with Crippen molar-refractivity contribution >= 4 is 53.1 Å². The fourth-order valence-corrected chi connectivity index (χ4v) is 3.28. The van der Waals surface area contributed by atoms with E-state index in [9.17, 15) is 0 Å². The van der Waals surface area contributed by atoms with E-state index in [1.807, 2.05) is 47.0 Å². The summed E-state index contributed by atoms with van der Waals surface area (Å²) in [5, 5.41) is 16.1. The SMILES string of the molecule is CN=C(NCCCc1ccc(Cl)cc1Cl)NCc1nncn1-c1ccccc1.I. The van der Waals surface area contributed by atoms with E-state index in [-0.39, 0.29) is 24.0 Å². The molecule has 2 N–H and O–H groups in total. The lowest BCUT2D eigenvalue weighted by atomic mass is 10.1. The number of nitrogens with one attached hydrogen (secondary N) is 2. The van der Waals surface area contributed by atoms with Crippen molar-refractivity contribution in [2.75, 3.05) is 13.6 Å². The van der Waals surface area contributed by atoms with Gasteiger partial charge in [0.15, 0.2) is 11.8 Å². The second-order valence-corrected chi connectivity index (χ2v) is 6.99. The summed E-state index contributed by atoms with van der Waals surface area (Å²) < 4.78 is 1.95. The highest BCUT2D eigenvalue weighted by Gasteiger charge is 2.07. The number of aliphatic imine (C=N–C) groups is 1. The van der Waals surface area contributed by atoms with Gasteiger partial charge in [-0.2, -0.15) is 0 Å². The molecule has 6 nitrogen and oxygen atoms in total. The molecule has 0 saturated heterocycles. The van der Waals surface area contributed by atoms with Crippen LogP contribution in [0.2, 0.25) is 10.0 Å². The van der Waals surface area contributed by atoms with E-state index in [4.69, 9.17) is 23.2 Å². The van der Waals surface area contributed by atoms with Crippen molar-refractivity contribution in [1.29, 1.82) is 0 Å². The standard InChI is InChI=1S/C20H22Cl2N6.HI/c1-23-20(24-11-5-6-15-9-10-16(21)12-18(15)22)25-13-19-27-26-14-28(19)17-7-3-2-4-8-17;/h2-4,7-10,12,14H,5-6,11,13H2,1H3,(H2,23,24,25);1H. The molecule has 1 aromatic heterocycles. The second kappa shape index (κ2) is 12.0. The summed E-state index contributed by atoms with van der Waals surface area (Å²) in [6.45, 7) is 1.28. The van der Waals surface area contributed by atoms with Gasteiger partial charge in [-0.3, -0.25) is 9.56 Å². The topological polar surface area (TPSA) is 67.1 Å². The molecule has 1 heterocycles. The van der Waals surface area contributed by atoms with Gasteiger partial charge in [0.2, 0.25) is 0 Å². The summed E-state index contributed by atoms with van der Waals surface area (Å²) in [4.78, 5) is 4.26. The Morgan fingerprint density at radius 1 is 1.10 bits per heavy atom. The lowest BCUT2D eigenvalue weighted by molar-refractivity contribution is 0.723. The Bertz CT molecular complexity index is 930. The molecule has 0 unspecified atom stereocenters. The average Bonchev–Trinajstić information content (AvgIpc) is 3.18. The van der Waals surface area contributed by atoms with Crippen LogP contribution in [0.4, 0.5) is 0 Å². The van der Waals surface area contributed by atoms with Crippen LogP contribution < -0.4 is 10.6 Å². The Morgan fingerprint density at radius 3 is 2.62 bits per heavy atom. The third kappa shape index (κ3) is 6.87. The van der Waals surface area contributed by atoms with Crippen molar-refractivity contribution in [2.45, 2.75) is 19.4 Å². The first kappa shape index (κ1) is 23.4. The van der Waals surface area contributed by atoms with Gasteiger partial charge >= 0.3 is 0 Å². The van der Waals surface area contributed by atoms with Crippen molar-refractivity contribution in [2.24, 2.45) is 4.99 Å². The minimum absolute atomic E-state index is 0. The molecule has 3 aromatic rings. The van der Waals surface area contributed by atoms with Crippen LogP contribution in [0, 0.1) is 0 Å². The molecule has 0 aliphatic heterocycles. The molecule has 0 spiro atoms. The third-order valence-corrected chi connectivity index (χ3v) is 4.81. The number of aryl methyl sites for hydroxylation is 1. The summed E-state index contributed by atoms with van der Waals surface area (Å²) in [6.07, 6.45) is 3.49. The summed E-state index contributed by atoms with van der Waals surface area (Å²) in [6, 6.07) is 15.6. The molecule has 2 aromatic carbocycles. The minimum atomic E-state index is 0. The fourth-order valence-electron chi connectivity index (χ4n) is 2.78. The molecule has 0 radical (unpaired) electrons. The molecule has 0 aliphatic carbocycles. The van der Waals surface area contributed by atoms with Crippen molar-refractivity contribution in [1.82, 2.24) is 25.4 Å². The van der Waals surface area contributed by atoms with Gasteiger partial charge in [-0.15, -0.1) is 34.2 Å². The number of rotatable bonds is 7. The Kier molecular flexibility index (Phi) is 9.69. The monoisotopic (exact) mass is 544 g/mol. The maximum Gasteiger partial charge on any atom is 0.191 e. The average molecular weight is 545 g/mol. The van der Waals surface area contributed by atoms with E-state index < -0.39 is 0 Å². The number of benzene rings is 2. The zero-order chi connectivity index (χ0) is 19.8. The highest BCUT2D eigenvalue weighted by atomic mass is 127. The summed E-state index contributed by atoms with van der Waals surface area (Å²) in [7, 11) is 1.74. The molecule has 154 valence electrons. The van der Waals surface area contributed by atoms with Gasteiger partial charge in [-0.25, -0.2) is 0 Å². The van der Waals surface area contributed by atoms with Gasteiger partial charge in [-0.1, -0.05) is 47.5 Å². The van der Waals surface area contributed by atoms with E-state index in [1.54, 1.807) is 19.4 Å². The second-order valence-electron chi connectivity index (χ2n) is 6.14. The number of aromatic nitrogens is 3. The Labute approximate surface area is 197 Å². The van der Waals surface area contributed by atoms with Crippen LogP contribution in [0.5, 0.6) is 0 Å². The maximum atomic E-state index is 6.21. The zero-order valence-electron chi connectivity index (χ0n) is 16.0. The number of guanidine groups is 1. The summed E-state index contributed by atoms with van der Waals surface area (Å²) in [5.41, 5.74) is 2.11. The van der Waals surface area contributed by atoms with Crippen molar-refractivity contribution in [3.8, 4) is 5.69 Å². The third-order valence-electron chi connectivity index (χ3n) is 4.22. The number of nitrogens with zero attached hydrogens (tertiary/aromatic N) is 4. The Hall–Kier alpha value is -1.84. The van der Waals surface area contributed by atoms with Gasteiger partial charge in [0.25, 0.3) is 0 Å². The first-order valence-electron chi connectivity index (χ1n) is 9.00. The van der Waals surface area contributed by atoms with Crippen molar-refractivity contribution < 1.29 is 0 Å². The molecular formula is C20H23Cl2IN6. The van der Waals surface area contributed by atoms with Crippen LogP contribution in [0.1, 0.15) is 17.8 Å². The summed E-state index contributed by atoms with van der Waals surface area (Å²) in [5.74, 6) is 1.52. The minimum Gasteiger partial charge on any atom is -0.356 e. The quantitative estimate of drug-likeness (QED) is 0.199. The van der Waals surface area contributed by atoms with Crippen LogP contribution in [-0.2, 0) is 13.0 Å². The van der Waals surface area contributed by atoms with Crippen LogP contribution in [0.25, 0.3) is 5.69 Å². The first-order valence-corrected chi connectivity index (χ1v) is 9.75. The molecule has 9 heteroatoms. The molecular weight excluding hydrogens is 522 g/mol. The van der Waals surface area contributed by atoms with Crippen molar-refractivity contribution in [3.63, 3.8) is 0 Å². The van der Waals surface area contributed by atoms with Gasteiger partial charge in [0.1, 0.15) is 6.33 Å². The molecule has 3 rings (SSSR count). The van der Waals surface area contributed by atoms with Gasteiger partial charge in [0, 0.05) is 29.3 Å². The highest BCUT2D eigenvalue weighted by molar-refractivity contribution is 14.0. The molecule has 0 fully saturated rings. The Balaban J connectivity index is 0.00000300. The predicted molar refractivity (Wildman–Crippen MR) is 130 cm³/mol. The number of hydrogen-bond donors (Lipinski definition) is 2. The van der Waals surface area contributed by atoms with Crippen LogP contribution in [-0.4, -0.2) is 34.3 Å². The maximum absolute atomic E-state index is 6.21. The lowest BCUT2D eigenvalue weighted by Gasteiger charge is -2.12. The van der Waals surface area contributed by atoms with E-state index >= 15 is 0 Å². The predicted octanol–water partition coefficient (Wildman–Crippen LogP) is 4.49. The lowest BCUT2D eigenvalue weighted by Crippen LogP contribution is -2.38. The smallest absolute Gasteiger partial charge is 0.191 e. The molecule has 0 bridgehead atoms. The summed E-state index contributed by atoms with van der Waals surface area (Å²) >= 11 is 12.1. The van der Waals surface area contributed by atoms with Crippen LogP contribution in [0.15, 0.2) is 59.9 Å². The normalized spacial score (nSPS) is 11.1.